The van der Waals surface area contributed by atoms with E-state index in [1.165, 1.54) is 25.7 Å². The number of aryl methyl sites for hydroxylation is 1. The molecule has 1 heterocycles. The molecule has 90 valence electrons. The zero-order chi connectivity index (χ0) is 11.3. The first-order chi connectivity index (χ1) is 7.85. The number of alkyl halides is 1. The van der Waals surface area contributed by atoms with Crippen LogP contribution in [0, 0.1) is 0 Å². The maximum absolute atomic E-state index is 6.07. The van der Waals surface area contributed by atoms with Gasteiger partial charge in [0.1, 0.15) is 0 Å². The van der Waals surface area contributed by atoms with Crippen molar-refractivity contribution < 1.29 is 0 Å². The number of hydrogen-bond donors (Lipinski definition) is 1. The maximum atomic E-state index is 6.07. The molecule has 0 unspecified atom stereocenters. The SMILES string of the molecule is ClCC1(NCCCn2ccnc2)CCCC1. The van der Waals surface area contributed by atoms with Gasteiger partial charge in [-0.25, -0.2) is 4.98 Å². The van der Waals surface area contributed by atoms with Crippen LogP contribution in [0.2, 0.25) is 0 Å². The molecule has 1 aliphatic rings. The van der Waals surface area contributed by atoms with Gasteiger partial charge in [0.25, 0.3) is 0 Å². The van der Waals surface area contributed by atoms with E-state index in [4.69, 9.17) is 11.6 Å². The highest BCUT2D eigenvalue weighted by atomic mass is 35.5. The molecule has 1 aromatic rings. The van der Waals surface area contributed by atoms with Crippen molar-refractivity contribution in [1.29, 1.82) is 0 Å². The minimum Gasteiger partial charge on any atom is -0.337 e. The van der Waals surface area contributed by atoms with Crippen LogP contribution >= 0.6 is 11.6 Å². The van der Waals surface area contributed by atoms with E-state index in [1.807, 2.05) is 18.7 Å². The fourth-order valence-electron chi connectivity index (χ4n) is 2.44. The van der Waals surface area contributed by atoms with Crippen LogP contribution in [0.1, 0.15) is 32.1 Å². The molecule has 3 nitrogen and oxygen atoms in total. The van der Waals surface area contributed by atoms with Crippen LogP contribution in [0.5, 0.6) is 0 Å². The summed E-state index contributed by atoms with van der Waals surface area (Å²) in [6.07, 6.45) is 11.9. The molecule has 0 atom stereocenters. The van der Waals surface area contributed by atoms with Crippen molar-refractivity contribution in [3.63, 3.8) is 0 Å². The molecule has 1 aliphatic carbocycles. The highest BCUT2D eigenvalue weighted by Crippen LogP contribution is 2.30. The van der Waals surface area contributed by atoms with Gasteiger partial charge in [-0.15, -0.1) is 11.6 Å². The second-order valence-electron chi connectivity index (χ2n) is 4.70. The van der Waals surface area contributed by atoms with Gasteiger partial charge in [-0.05, 0) is 25.8 Å². The van der Waals surface area contributed by atoms with Gasteiger partial charge in [0.15, 0.2) is 0 Å². The highest BCUT2D eigenvalue weighted by Gasteiger charge is 2.31. The molecule has 16 heavy (non-hydrogen) atoms. The molecule has 0 saturated heterocycles. The molecule has 4 heteroatoms. The Bertz CT molecular complexity index is 291. The van der Waals surface area contributed by atoms with Gasteiger partial charge in [-0.1, -0.05) is 12.8 Å². The van der Waals surface area contributed by atoms with E-state index in [0.717, 1.165) is 25.4 Å². The Morgan fingerprint density at radius 3 is 2.81 bits per heavy atom. The molecule has 1 saturated carbocycles. The minimum absolute atomic E-state index is 0.233. The zero-order valence-electron chi connectivity index (χ0n) is 9.66. The van der Waals surface area contributed by atoms with Crippen LogP contribution < -0.4 is 5.32 Å². The van der Waals surface area contributed by atoms with Crippen LogP contribution in [0.3, 0.4) is 0 Å². The van der Waals surface area contributed by atoms with E-state index in [9.17, 15) is 0 Å². The Hall–Kier alpha value is -0.540. The fourth-order valence-corrected chi connectivity index (χ4v) is 2.81. The summed E-state index contributed by atoms with van der Waals surface area (Å²) in [5.41, 5.74) is 0.233. The smallest absolute Gasteiger partial charge is 0.0945 e. The third-order valence-corrected chi connectivity index (χ3v) is 3.98. The van der Waals surface area contributed by atoms with Crippen molar-refractivity contribution in [1.82, 2.24) is 14.9 Å². The molecule has 0 bridgehead atoms. The van der Waals surface area contributed by atoms with Crippen molar-refractivity contribution in [2.24, 2.45) is 0 Å². The summed E-state index contributed by atoms with van der Waals surface area (Å²) in [6.45, 7) is 2.08. The first-order valence-electron chi connectivity index (χ1n) is 6.11. The molecule has 2 rings (SSSR count). The van der Waals surface area contributed by atoms with Crippen LogP contribution in [0.25, 0.3) is 0 Å². The Morgan fingerprint density at radius 2 is 2.19 bits per heavy atom. The summed E-state index contributed by atoms with van der Waals surface area (Å²) in [5.74, 6) is 0.748. The summed E-state index contributed by atoms with van der Waals surface area (Å²) in [5, 5.41) is 3.64. The number of nitrogens with zero attached hydrogens (tertiary/aromatic N) is 2. The molecule has 0 amide bonds. The number of halogens is 1. The Kier molecular flexibility index (Phi) is 4.24. The predicted octanol–water partition coefficient (Wildman–Crippen LogP) is 2.41. The zero-order valence-corrected chi connectivity index (χ0v) is 10.4. The topological polar surface area (TPSA) is 29.9 Å². The average molecular weight is 242 g/mol. The van der Waals surface area contributed by atoms with E-state index in [2.05, 4.69) is 14.9 Å². The van der Waals surface area contributed by atoms with Crippen molar-refractivity contribution >= 4 is 11.6 Å². The number of imidazole rings is 1. The summed E-state index contributed by atoms with van der Waals surface area (Å²) < 4.78 is 2.11. The second-order valence-corrected chi connectivity index (χ2v) is 4.97. The first kappa shape index (κ1) is 11.9. The molecule has 1 N–H and O–H groups in total. The van der Waals surface area contributed by atoms with Gasteiger partial charge >= 0.3 is 0 Å². The third kappa shape index (κ3) is 2.98. The predicted molar refractivity (Wildman–Crippen MR) is 66.8 cm³/mol. The molecule has 0 aliphatic heterocycles. The number of nitrogens with one attached hydrogen (secondary N) is 1. The van der Waals surface area contributed by atoms with Crippen molar-refractivity contribution in [2.75, 3.05) is 12.4 Å². The Morgan fingerprint density at radius 1 is 1.38 bits per heavy atom. The Balaban J connectivity index is 1.67. The standard InChI is InChI=1S/C12H20ClN3/c13-10-12(4-1-2-5-12)15-6-3-8-16-9-7-14-11-16/h7,9,11,15H,1-6,8,10H2. The quantitative estimate of drug-likeness (QED) is 0.612. The lowest BCUT2D eigenvalue weighted by Crippen LogP contribution is -2.45. The molecular formula is C12H20ClN3. The van der Waals surface area contributed by atoms with E-state index in [1.54, 1.807) is 0 Å². The van der Waals surface area contributed by atoms with Crippen LogP contribution in [-0.4, -0.2) is 27.5 Å². The lowest BCUT2D eigenvalue weighted by molar-refractivity contribution is 0.363. The van der Waals surface area contributed by atoms with Crippen LogP contribution in [0.4, 0.5) is 0 Å². The molecule has 0 aromatic carbocycles. The Labute approximate surface area is 102 Å². The van der Waals surface area contributed by atoms with Gasteiger partial charge < -0.3 is 9.88 Å². The van der Waals surface area contributed by atoms with E-state index < -0.39 is 0 Å². The van der Waals surface area contributed by atoms with Crippen molar-refractivity contribution in [3.8, 4) is 0 Å². The van der Waals surface area contributed by atoms with E-state index >= 15 is 0 Å². The molecular weight excluding hydrogens is 222 g/mol. The maximum Gasteiger partial charge on any atom is 0.0945 e. The minimum atomic E-state index is 0.233. The summed E-state index contributed by atoms with van der Waals surface area (Å²) in [4.78, 5) is 4.03. The molecule has 1 fully saturated rings. The monoisotopic (exact) mass is 241 g/mol. The largest absolute Gasteiger partial charge is 0.337 e. The molecule has 0 radical (unpaired) electrons. The second kappa shape index (κ2) is 5.69. The lowest BCUT2D eigenvalue weighted by atomic mass is 10.0. The summed E-state index contributed by atoms with van der Waals surface area (Å²) in [6, 6.07) is 0. The highest BCUT2D eigenvalue weighted by molar-refractivity contribution is 6.18. The number of aromatic nitrogens is 2. The number of rotatable bonds is 6. The van der Waals surface area contributed by atoms with Gasteiger partial charge in [0, 0.05) is 30.4 Å². The fraction of sp³-hybridized carbons (Fsp3) is 0.750. The van der Waals surface area contributed by atoms with E-state index in [0.29, 0.717) is 0 Å². The van der Waals surface area contributed by atoms with Crippen LogP contribution in [0.15, 0.2) is 18.7 Å². The summed E-state index contributed by atoms with van der Waals surface area (Å²) >= 11 is 6.07. The lowest BCUT2D eigenvalue weighted by Gasteiger charge is -2.28. The van der Waals surface area contributed by atoms with E-state index in [-0.39, 0.29) is 5.54 Å². The first-order valence-corrected chi connectivity index (χ1v) is 6.65. The number of hydrogen-bond acceptors (Lipinski definition) is 2. The third-order valence-electron chi connectivity index (χ3n) is 3.47. The van der Waals surface area contributed by atoms with Gasteiger partial charge in [0.2, 0.25) is 0 Å². The van der Waals surface area contributed by atoms with Crippen molar-refractivity contribution in [2.45, 2.75) is 44.2 Å². The average Bonchev–Trinajstić information content (AvgIpc) is 2.97. The molecule has 0 spiro atoms. The summed E-state index contributed by atoms with van der Waals surface area (Å²) in [7, 11) is 0. The van der Waals surface area contributed by atoms with Gasteiger partial charge in [-0.2, -0.15) is 0 Å². The molecule has 1 aromatic heterocycles. The van der Waals surface area contributed by atoms with Crippen LogP contribution in [-0.2, 0) is 6.54 Å². The normalized spacial score (nSPS) is 19.1. The van der Waals surface area contributed by atoms with Gasteiger partial charge in [-0.3, -0.25) is 0 Å². The van der Waals surface area contributed by atoms with Gasteiger partial charge in [0.05, 0.1) is 6.33 Å². The van der Waals surface area contributed by atoms with Crippen molar-refractivity contribution in [3.05, 3.63) is 18.7 Å².